The summed E-state index contributed by atoms with van der Waals surface area (Å²) in [6.07, 6.45) is 0. The van der Waals surface area contributed by atoms with Crippen molar-refractivity contribution in [3.05, 3.63) is 34.3 Å². The lowest BCUT2D eigenvalue weighted by Gasteiger charge is -2.14. The summed E-state index contributed by atoms with van der Waals surface area (Å²) in [6, 6.07) is 5.68. The fourth-order valence-corrected chi connectivity index (χ4v) is 2.32. The zero-order valence-electron chi connectivity index (χ0n) is 10.1. The first-order valence-electron chi connectivity index (χ1n) is 5.42. The number of phenols is 1. The molecular weight excluding hydrogens is 234 g/mol. The smallest absolute Gasteiger partial charge is 0.206 e. The van der Waals surface area contributed by atoms with Gasteiger partial charge in [-0.05, 0) is 32.4 Å². The van der Waals surface area contributed by atoms with E-state index in [4.69, 9.17) is 0 Å². The van der Waals surface area contributed by atoms with E-state index in [2.05, 4.69) is 15.5 Å². The van der Waals surface area contributed by atoms with Crippen LogP contribution in [-0.2, 0) is 0 Å². The number of rotatable bonds is 3. The summed E-state index contributed by atoms with van der Waals surface area (Å²) in [5.74, 6) is 0.311. The van der Waals surface area contributed by atoms with Gasteiger partial charge in [0.1, 0.15) is 10.8 Å². The van der Waals surface area contributed by atoms with E-state index in [1.807, 2.05) is 32.9 Å². The fraction of sp³-hybridized carbons (Fsp3) is 0.333. The summed E-state index contributed by atoms with van der Waals surface area (Å²) < 4.78 is 0. The van der Waals surface area contributed by atoms with Crippen molar-refractivity contribution >= 4 is 16.5 Å². The van der Waals surface area contributed by atoms with Gasteiger partial charge in [-0.1, -0.05) is 23.5 Å². The Balaban J connectivity index is 2.17. The van der Waals surface area contributed by atoms with Gasteiger partial charge in [0.15, 0.2) is 0 Å². The normalized spacial score (nSPS) is 12.4. The molecule has 0 saturated heterocycles. The summed E-state index contributed by atoms with van der Waals surface area (Å²) in [5.41, 5.74) is 1.91. The second kappa shape index (κ2) is 4.71. The Kier molecular flexibility index (Phi) is 3.28. The SMILES string of the molecule is Cc1ccc(C(C)Nc2nnc(C)s2)c(O)c1. The predicted molar refractivity (Wildman–Crippen MR) is 69.5 cm³/mol. The van der Waals surface area contributed by atoms with Gasteiger partial charge in [0.2, 0.25) is 5.13 Å². The number of nitrogens with zero attached hydrogens (tertiary/aromatic N) is 2. The molecule has 1 aromatic carbocycles. The molecule has 5 heteroatoms. The average Bonchev–Trinajstić information content (AvgIpc) is 2.63. The number of hydrogen-bond donors (Lipinski definition) is 2. The van der Waals surface area contributed by atoms with Crippen molar-refractivity contribution in [3.63, 3.8) is 0 Å². The van der Waals surface area contributed by atoms with Crippen molar-refractivity contribution in [1.29, 1.82) is 0 Å². The van der Waals surface area contributed by atoms with Crippen LogP contribution in [0, 0.1) is 13.8 Å². The summed E-state index contributed by atoms with van der Waals surface area (Å²) in [7, 11) is 0. The molecule has 2 aromatic rings. The van der Waals surface area contributed by atoms with E-state index in [0.29, 0.717) is 5.75 Å². The summed E-state index contributed by atoms with van der Waals surface area (Å²) in [4.78, 5) is 0. The molecule has 4 nitrogen and oxygen atoms in total. The monoisotopic (exact) mass is 249 g/mol. The zero-order valence-corrected chi connectivity index (χ0v) is 10.9. The van der Waals surface area contributed by atoms with Crippen molar-refractivity contribution in [2.45, 2.75) is 26.8 Å². The van der Waals surface area contributed by atoms with Crippen LogP contribution >= 0.6 is 11.3 Å². The quantitative estimate of drug-likeness (QED) is 0.877. The van der Waals surface area contributed by atoms with Gasteiger partial charge < -0.3 is 10.4 Å². The van der Waals surface area contributed by atoms with Gasteiger partial charge in [-0.2, -0.15) is 0 Å². The second-order valence-electron chi connectivity index (χ2n) is 4.05. The Bertz CT molecular complexity index is 524. The van der Waals surface area contributed by atoms with Gasteiger partial charge in [0.05, 0.1) is 6.04 Å². The molecule has 0 spiro atoms. The Morgan fingerprint density at radius 1 is 1.29 bits per heavy atom. The lowest BCUT2D eigenvalue weighted by atomic mass is 10.1. The van der Waals surface area contributed by atoms with E-state index in [1.54, 1.807) is 6.07 Å². The maximum Gasteiger partial charge on any atom is 0.206 e. The van der Waals surface area contributed by atoms with E-state index in [1.165, 1.54) is 11.3 Å². The molecule has 2 rings (SSSR count). The minimum absolute atomic E-state index is 0.00273. The Morgan fingerprint density at radius 2 is 2.06 bits per heavy atom. The number of phenolic OH excluding ortho intramolecular Hbond substituents is 1. The van der Waals surface area contributed by atoms with E-state index in [9.17, 15) is 5.11 Å². The third-order valence-electron chi connectivity index (χ3n) is 2.52. The summed E-state index contributed by atoms with van der Waals surface area (Å²) >= 11 is 1.50. The maximum absolute atomic E-state index is 9.87. The van der Waals surface area contributed by atoms with Gasteiger partial charge in [-0.3, -0.25) is 0 Å². The molecular formula is C12H15N3OS. The van der Waals surface area contributed by atoms with Crippen LogP contribution in [0.5, 0.6) is 5.75 Å². The molecule has 0 aliphatic heterocycles. The molecule has 0 radical (unpaired) electrons. The maximum atomic E-state index is 9.87. The zero-order chi connectivity index (χ0) is 12.4. The van der Waals surface area contributed by atoms with Crippen molar-refractivity contribution in [1.82, 2.24) is 10.2 Å². The first kappa shape index (κ1) is 11.9. The fourth-order valence-electron chi connectivity index (χ4n) is 1.64. The van der Waals surface area contributed by atoms with Crippen LogP contribution in [0.15, 0.2) is 18.2 Å². The molecule has 0 bridgehead atoms. The van der Waals surface area contributed by atoms with Crippen LogP contribution < -0.4 is 5.32 Å². The number of hydrogen-bond acceptors (Lipinski definition) is 5. The Morgan fingerprint density at radius 3 is 2.65 bits per heavy atom. The lowest BCUT2D eigenvalue weighted by Crippen LogP contribution is -2.06. The minimum Gasteiger partial charge on any atom is -0.508 e. The van der Waals surface area contributed by atoms with Crippen LogP contribution in [0.25, 0.3) is 0 Å². The summed E-state index contributed by atoms with van der Waals surface area (Å²) in [5, 5.41) is 22.7. The van der Waals surface area contributed by atoms with Gasteiger partial charge in [-0.25, -0.2) is 0 Å². The highest BCUT2D eigenvalue weighted by Crippen LogP contribution is 2.28. The van der Waals surface area contributed by atoms with Crippen LogP contribution in [0.2, 0.25) is 0 Å². The average molecular weight is 249 g/mol. The number of nitrogens with one attached hydrogen (secondary N) is 1. The predicted octanol–water partition coefficient (Wildman–Crippen LogP) is 3.03. The van der Waals surface area contributed by atoms with Gasteiger partial charge in [-0.15, -0.1) is 10.2 Å². The number of anilines is 1. The van der Waals surface area contributed by atoms with Crippen LogP contribution in [0.1, 0.15) is 29.1 Å². The molecule has 1 heterocycles. The molecule has 0 saturated carbocycles. The Labute approximate surface area is 104 Å². The summed E-state index contributed by atoms with van der Waals surface area (Å²) in [6.45, 7) is 5.85. The highest BCUT2D eigenvalue weighted by molar-refractivity contribution is 7.15. The van der Waals surface area contributed by atoms with Crippen LogP contribution in [0.4, 0.5) is 5.13 Å². The van der Waals surface area contributed by atoms with Crippen molar-refractivity contribution in [3.8, 4) is 5.75 Å². The molecule has 0 aliphatic rings. The van der Waals surface area contributed by atoms with Gasteiger partial charge in [0.25, 0.3) is 0 Å². The van der Waals surface area contributed by atoms with E-state index < -0.39 is 0 Å². The highest BCUT2D eigenvalue weighted by atomic mass is 32.1. The van der Waals surface area contributed by atoms with Crippen molar-refractivity contribution < 1.29 is 5.11 Å². The molecule has 90 valence electrons. The van der Waals surface area contributed by atoms with Crippen molar-refractivity contribution in [2.24, 2.45) is 0 Å². The number of benzene rings is 1. The van der Waals surface area contributed by atoms with Gasteiger partial charge >= 0.3 is 0 Å². The molecule has 0 amide bonds. The van der Waals surface area contributed by atoms with Crippen LogP contribution in [0.3, 0.4) is 0 Å². The minimum atomic E-state index is 0.00273. The number of aromatic nitrogens is 2. The molecule has 1 atom stereocenters. The van der Waals surface area contributed by atoms with Gasteiger partial charge in [0, 0.05) is 5.56 Å². The van der Waals surface area contributed by atoms with E-state index in [-0.39, 0.29) is 6.04 Å². The molecule has 0 aliphatic carbocycles. The molecule has 17 heavy (non-hydrogen) atoms. The number of aryl methyl sites for hydroxylation is 2. The van der Waals surface area contributed by atoms with Crippen molar-refractivity contribution in [2.75, 3.05) is 5.32 Å². The Hall–Kier alpha value is -1.62. The third kappa shape index (κ3) is 2.74. The third-order valence-corrected chi connectivity index (χ3v) is 3.29. The second-order valence-corrected chi connectivity index (χ2v) is 5.24. The first-order valence-corrected chi connectivity index (χ1v) is 6.24. The molecule has 0 fully saturated rings. The lowest BCUT2D eigenvalue weighted by molar-refractivity contribution is 0.465. The van der Waals surface area contributed by atoms with E-state index in [0.717, 1.165) is 21.3 Å². The highest BCUT2D eigenvalue weighted by Gasteiger charge is 2.12. The van der Waals surface area contributed by atoms with Crippen LogP contribution in [-0.4, -0.2) is 15.3 Å². The standard InChI is InChI=1S/C12H15N3OS/c1-7-4-5-10(11(16)6-7)8(2)13-12-15-14-9(3)17-12/h4-6,8,16H,1-3H3,(H,13,15). The largest absolute Gasteiger partial charge is 0.508 e. The van der Waals surface area contributed by atoms with E-state index >= 15 is 0 Å². The molecule has 1 aromatic heterocycles. The topological polar surface area (TPSA) is 58.0 Å². The number of aromatic hydroxyl groups is 1. The molecule has 2 N–H and O–H groups in total. The molecule has 1 unspecified atom stereocenters. The first-order chi connectivity index (χ1) is 8.06.